The zero-order chi connectivity index (χ0) is 14.4. The van der Waals surface area contributed by atoms with Gasteiger partial charge in [-0.15, -0.1) is 0 Å². The van der Waals surface area contributed by atoms with Crippen molar-refractivity contribution in [1.82, 2.24) is 15.3 Å². The SMILES string of the molecule is COCCNC(=O)c1cnc(-c2ccccc2)[nH]c1=O. The molecule has 0 spiro atoms. The highest BCUT2D eigenvalue weighted by atomic mass is 16.5. The Balaban J connectivity index is 2.18. The lowest BCUT2D eigenvalue weighted by atomic mass is 10.2. The summed E-state index contributed by atoms with van der Waals surface area (Å²) in [6.07, 6.45) is 1.28. The summed E-state index contributed by atoms with van der Waals surface area (Å²) in [6, 6.07) is 9.23. The minimum absolute atomic E-state index is 0.0132. The van der Waals surface area contributed by atoms with E-state index < -0.39 is 11.5 Å². The molecule has 6 nitrogen and oxygen atoms in total. The first-order valence-electron chi connectivity index (χ1n) is 6.14. The van der Waals surface area contributed by atoms with Gasteiger partial charge in [0.2, 0.25) is 0 Å². The Bertz CT molecular complexity index is 638. The lowest BCUT2D eigenvalue weighted by Crippen LogP contribution is -2.32. The first kappa shape index (κ1) is 14.0. The number of aromatic amines is 1. The van der Waals surface area contributed by atoms with E-state index in [0.29, 0.717) is 19.0 Å². The number of carbonyl (C=O) groups is 1. The van der Waals surface area contributed by atoms with Gasteiger partial charge < -0.3 is 15.0 Å². The van der Waals surface area contributed by atoms with Gasteiger partial charge in [0.05, 0.1) is 6.61 Å². The van der Waals surface area contributed by atoms with E-state index in [2.05, 4.69) is 15.3 Å². The summed E-state index contributed by atoms with van der Waals surface area (Å²) in [5, 5.41) is 2.58. The molecule has 0 saturated carbocycles. The highest BCUT2D eigenvalue weighted by Crippen LogP contribution is 2.11. The lowest BCUT2D eigenvalue weighted by molar-refractivity contribution is 0.0935. The number of hydrogen-bond donors (Lipinski definition) is 2. The number of hydrogen-bond acceptors (Lipinski definition) is 4. The van der Waals surface area contributed by atoms with Gasteiger partial charge in [0, 0.05) is 25.4 Å². The van der Waals surface area contributed by atoms with Crippen LogP contribution in [0, 0.1) is 0 Å². The highest BCUT2D eigenvalue weighted by molar-refractivity contribution is 5.93. The number of aromatic nitrogens is 2. The predicted molar refractivity (Wildman–Crippen MR) is 74.5 cm³/mol. The molecule has 0 aliphatic heterocycles. The van der Waals surface area contributed by atoms with Gasteiger partial charge in [-0.05, 0) is 0 Å². The molecular weight excluding hydrogens is 258 g/mol. The molecule has 1 heterocycles. The van der Waals surface area contributed by atoms with Gasteiger partial charge in [0.1, 0.15) is 11.4 Å². The number of rotatable bonds is 5. The molecule has 1 amide bonds. The van der Waals surface area contributed by atoms with Crippen molar-refractivity contribution < 1.29 is 9.53 Å². The Morgan fingerprint density at radius 3 is 2.75 bits per heavy atom. The Hall–Kier alpha value is -2.47. The molecule has 2 rings (SSSR count). The van der Waals surface area contributed by atoms with Crippen LogP contribution in [0.4, 0.5) is 0 Å². The average molecular weight is 273 g/mol. The van der Waals surface area contributed by atoms with E-state index in [0.717, 1.165) is 5.56 Å². The van der Waals surface area contributed by atoms with Crippen molar-refractivity contribution in [2.45, 2.75) is 0 Å². The fourth-order valence-electron chi connectivity index (χ4n) is 1.66. The molecule has 1 aromatic heterocycles. The number of H-pyrrole nitrogens is 1. The van der Waals surface area contributed by atoms with Gasteiger partial charge in [0.25, 0.3) is 11.5 Å². The molecule has 20 heavy (non-hydrogen) atoms. The van der Waals surface area contributed by atoms with Crippen molar-refractivity contribution in [3.05, 3.63) is 52.4 Å². The smallest absolute Gasteiger partial charge is 0.264 e. The van der Waals surface area contributed by atoms with Crippen LogP contribution in [0.1, 0.15) is 10.4 Å². The summed E-state index contributed by atoms with van der Waals surface area (Å²) in [5.41, 5.74) is 0.311. The van der Waals surface area contributed by atoms with E-state index in [-0.39, 0.29) is 5.56 Å². The van der Waals surface area contributed by atoms with Crippen molar-refractivity contribution in [3.8, 4) is 11.4 Å². The molecule has 104 valence electrons. The average Bonchev–Trinajstić information content (AvgIpc) is 2.48. The standard InChI is InChI=1S/C14H15N3O3/c1-20-8-7-15-13(18)11-9-16-12(17-14(11)19)10-5-3-2-4-6-10/h2-6,9H,7-8H2,1H3,(H,15,18)(H,16,17,19). The zero-order valence-corrected chi connectivity index (χ0v) is 11.1. The van der Waals surface area contributed by atoms with Crippen LogP contribution in [-0.2, 0) is 4.74 Å². The summed E-state index contributed by atoms with van der Waals surface area (Å²) >= 11 is 0. The number of ether oxygens (including phenoxy) is 1. The molecule has 0 unspecified atom stereocenters. The molecule has 0 saturated heterocycles. The Labute approximate surface area is 115 Å². The monoisotopic (exact) mass is 273 g/mol. The number of carbonyl (C=O) groups excluding carboxylic acids is 1. The third-order valence-electron chi connectivity index (χ3n) is 2.68. The summed E-state index contributed by atoms with van der Waals surface area (Å²) in [7, 11) is 1.54. The summed E-state index contributed by atoms with van der Waals surface area (Å²) < 4.78 is 4.82. The molecule has 1 aromatic carbocycles. The second-order valence-electron chi connectivity index (χ2n) is 4.09. The Morgan fingerprint density at radius 2 is 2.10 bits per heavy atom. The second kappa shape index (κ2) is 6.63. The van der Waals surface area contributed by atoms with Crippen molar-refractivity contribution in [1.29, 1.82) is 0 Å². The van der Waals surface area contributed by atoms with Gasteiger partial charge in [-0.25, -0.2) is 4.98 Å². The van der Waals surface area contributed by atoms with Crippen LogP contribution >= 0.6 is 0 Å². The van der Waals surface area contributed by atoms with E-state index in [4.69, 9.17) is 4.74 Å². The quantitative estimate of drug-likeness (QED) is 0.790. The summed E-state index contributed by atoms with van der Waals surface area (Å²) in [6.45, 7) is 0.731. The number of amides is 1. The number of nitrogens with zero attached hydrogens (tertiary/aromatic N) is 1. The van der Waals surface area contributed by atoms with Crippen LogP contribution in [0.2, 0.25) is 0 Å². The third-order valence-corrected chi connectivity index (χ3v) is 2.68. The van der Waals surface area contributed by atoms with Crippen LogP contribution in [0.5, 0.6) is 0 Å². The van der Waals surface area contributed by atoms with Crippen molar-refractivity contribution in [2.75, 3.05) is 20.3 Å². The molecule has 0 aliphatic carbocycles. The minimum atomic E-state index is -0.464. The molecule has 0 radical (unpaired) electrons. The van der Waals surface area contributed by atoms with Crippen molar-refractivity contribution in [3.63, 3.8) is 0 Å². The number of methoxy groups -OCH3 is 1. The van der Waals surface area contributed by atoms with E-state index in [1.54, 1.807) is 0 Å². The van der Waals surface area contributed by atoms with E-state index in [1.165, 1.54) is 13.3 Å². The fourth-order valence-corrected chi connectivity index (χ4v) is 1.66. The zero-order valence-electron chi connectivity index (χ0n) is 11.1. The third kappa shape index (κ3) is 3.30. The van der Waals surface area contributed by atoms with Crippen LogP contribution in [0.25, 0.3) is 11.4 Å². The first-order chi connectivity index (χ1) is 9.72. The van der Waals surface area contributed by atoms with E-state index >= 15 is 0 Å². The van der Waals surface area contributed by atoms with E-state index in [1.807, 2.05) is 30.3 Å². The van der Waals surface area contributed by atoms with Gasteiger partial charge in [-0.3, -0.25) is 9.59 Å². The van der Waals surface area contributed by atoms with Crippen LogP contribution in [-0.4, -0.2) is 36.1 Å². The lowest BCUT2D eigenvalue weighted by Gasteiger charge is -2.05. The molecule has 0 aliphatic rings. The van der Waals surface area contributed by atoms with Crippen LogP contribution in [0.3, 0.4) is 0 Å². The summed E-state index contributed by atoms with van der Waals surface area (Å²) in [4.78, 5) is 30.4. The molecule has 0 fully saturated rings. The van der Waals surface area contributed by atoms with Crippen molar-refractivity contribution in [2.24, 2.45) is 0 Å². The molecule has 2 aromatic rings. The largest absolute Gasteiger partial charge is 0.383 e. The van der Waals surface area contributed by atoms with Gasteiger partial charge in [-0.2, -0.15) is 0 Å². The van der Waals surface area contributed by atoms with E-state index in [9.17, 15) is 9.59 Å². The van der Waals surface area contributed by atoms with Crippen LogP contribution in [0.15, 0.2) is 41.3 Å². The normalized spacial score (nSPS) is 10.2. The van der Waals surface area contributed by atoms with Crippen molar-refractivity contribution >= 4 is 5.91 Å². The molecule has 6 heteroatoms. The van der Waals surface area contributed by atoms with Gasteiger partial charge >= 0.3 is 0 Å². The predicted octanol–water partition coefficient (Wildman–Crippen LogP) is 0.813. The fraction of sp³-hybridized carbons (Fsp3) is 0.214. The Morgan fingerprint density at radius 1 is 1.35 bits per heavy atom. The topological polar surface area (TPSA) is 84.1 Å². The molecule has 0 atom stereocenters. The maximum absolute atomic E-state index is 11.9. The molecular formula is C14H15N3O3. The number of nitrogens with one attached hydrogen (secondary N) is 2. The van der Waals surface area contributed by atoms with Gasteiger partial charge in [-0.1, -0.05) is 30.3 Å². The number of benzene rings is 1. The molecule has 2 N–H and O–H groups in total. The maximum Gasteiger partial charge on any atom is 0.264 e. The highest BCUT2D eigenvalue weighted by Gasteiger charge is 2.11. The molecule has 0 bridgehead atoms. The maximum atomic E-state index is 11.9. The van der Waals surface area contributed by atoms with Gasteiger partial charge in [0.15, 0.2) is 0 Å². The minimum Gasteiger partial charge on any atom is -0.383 e. The summed E-state index contributed by atoms with van der Waals surface area (Å²) in [5.74, 6) is -0.0283. The second-order valence-corrected chi connectivity index (χ2v) is 4.09. The first-order valence-corrected chi connectivity index (χ1v) is 6.14. The Kier molecular flexibility index (Phi) is 4.62. The van der Waals surface area contributed by atoms with Crippen LogP contribution < -0.4 is 10.9 Å².